The summed E-state index contributed by atoms with van der Waals surface area (Å²) in [6.45, 7) is 5.46. The van der Waals surface area contributed by atoms with Gasteiger partial charge in [0.2, 0.25) is 8.32 Å². The largest absolute Gasteiger partial charge is 0.413 e. The summed E-state index contributed by atoms with van der Waals surface area (Å²) in [5.74, 6) is 0. The van der Waals surface area contributed by atoms with Gasteiger partial charge >= 0.3 is 0 Å². The molecule has 0 atom stereocenters. The molecule has 0 saturated carbocycles. The predicted molar refractivity (Wildman–Crippen MR) is 93.5 cm³/mol. The maximum absolute atomic E-state index is 6.21. The van der Waals surface area contributed by atoms with Crippen molar-refractivity contribution in [2.45, 2.75) is 38.8 Å². The third-order valence-electron chi connectivity index (χ3n) is 3.88. The first-order valence-corrected chi connectivity index (χ1v) is 10.8. The quantitative estimate of drug-likeness (QED) is 0.514. The van der Waals surface area contributed by atoms with E-state index in [-0.39, 0.29) is 0 Å². The van der Waals surface area contributed by atoms with Crippen LogP contribution in [0.1, 0.15) is 24.8 Å². The highest BCUT2D eigenvalue weighted by Gasteiger charge is 2.24. The Morgan fingerprint density at radius 2 is 1.38 bits per heavy atom. The lowest BCUT2D eigenvalue weighted by molar-refractivity contribution is 0.303. The molecule has 2 rings (SSSR count). The molecule has 1 nitrogen and oxygen atoms in total. The Morgan fingerprint density at radius 3 is 2.05 bits per heavy atom. The molecule has 0 spiro atoms. The van der Waals surface area contributed by atoms with Crippen molar-refractivity contribution in [1.29, 1.82) is 0 Å². The van der Waals surface area contributed by atoms with E-state index in [0.717, 1.165) is 13.0 Å². The van der Waals surface area contributed by atoms with Crippen LogP contribution in [0.5, 0.6) is 0 Å². The minimum absolute atomic E-state index is 0.892. The van der Waals surface area contributed by atoms with E-state index in [1.807, 2.05) is 0 Å². The fourth-order valence-corrected chi connectivity index (χ4v) is 4.32. The van der Waals surface area contributed by atoms with Gasteiger partial charge in [0.1, 0.15) is 0 Å². The highest BCUT2D eigenvalue weighted by molar-refractivity contribution is 6.84. The van der Waals surface area contributed by atoms with E-state index in [2.05, 4.69) is 73.8 Å². The highest BCUT2D eigenvalue weighted by Crippen LogP contribution is 2.09. The zero-order valence-electron chi connectivity index (χ0n) is 13.2. The molecule has 0 N–H and O–H groups in total. The van der Waals surface area contributed by atoms with E-state index in [1.165, 1.54) is 30.0 Å². The van der Waals surface area contributed by atoms with Crippen LogP contribution in [0, 0.1) is 0 Å². The molecule has 0 unspecified atom stereocenters. The molecule has 0 amide bonds. The van der Waals surface area contributed by atoms with E-state index in [9.17, 15) is 0 Å². The SMILES string of the molecule is C[Si](C)(OCCCCCc1ccccc1)c1ccccc1. The van der Waals surface area contributed by atoms with Gasteiger partial charge in [-0.25, -0.2) is 0 Å². The first-order chi connectivity index (χ1) is 10.2. The first-order valence-electron chi connectivity index (χ1n) is 7.92. The van der Waals surface area contributed by atoms with Gasteiger partial charge in [-0.2, -0.15) is 0 Å². The van der Waals surface area contributed by atoms with Crippen molar-refractivity contribution in [3.05, 3.63) is 66.2 Å². The average Bonchev–Trinajstić information content (AvgIpc) is 2.52. The smallest absolute Gasteiger partial charge is 0.218 e. The van der Waals surface area contributed by atoms with Crippen molar-refractivity contribution in [2.75, 3.05) is 6.61 Å². The van der Waals surface area contributed by atoms with Crippen LogP contribution in [0.2, 0.25) is 13.1 Å². The van der Waals surface area contributed by atoms with Gasteiger partial charge in [-0.3, -0.25) is 0 Å². The van der Waals surface area contributed by atoms with Gasteiger partial charge in [0.25, 0.3) is 0 Å². The van der Waals surface area contributed by atoms with Gasteiger partial charge in [0.15, 0.2) is 0 Å². The van der Waals surface area contributed by atoms with Gasteiger partial charge in [0.05, 0.1) is 0 Å². The normalized spacial score (nSPS) is 11.5. The van der Waals surface area contributed by atoms with Gasteiger partial charge in [0, 0.05) is 6.61 Å². The summed E-state index contributed by atoms with van der Waals surface area (Å²) in [4.78, 5) is 0. The summed E-state index contributed by atoms with van der Waals surface area (Å²) in [6.07, 6.45) is 4.84. The molecule has 21 heavy (non-hydrogen) atoms. The van der Waals surface area contributed by atoms with Gasteiger partial charge in [-0.15, -0.1) is 0 Å². The van der Waals surface area contributed by atoms with Crippen LogP contribution >= 0.6 is 0 Å². The van der Waals surface area contributed by atoms with Crippen molar-refractivity contribution in [1.82, 2.24) is 0 Å². The Hall–Kier alpha value is -1.38. The van der Waals surface area contributed by atoms with E-state index in [0.29, 0.717) is 0 Å². The molecule has 0 aromatic heterocycles. The molecule has 0 saturated heterocycles. The Morgan fingerprint density at radius 1 is 0.762 bits per heavy atom. The van der Waals surface area contributed by atoms with Crippen LogP contribution in [0.3, 0.4) is 0 Å². The van der Waals surface area contributed by atoms with Gasteiger partial charge in [-0.1, -0.05) is 67.1 Å². The Kier molecular flexibility index (Phi) is 6.21. The lowest BCUT2D eigenvalue weighted by Gasteiger charge is -2.23. The monoisotopic (exact) mass is 298 g/mol. The van der Waals surface area contributed by atoms with Crippen LogP contribution < -0.4 is 5.19 Å². The molecular formula is C19H26OSi. The highest BCUT2D eigenvalue weighted by atomic mass is 28.4. The number of benzene rings is 2. The summed E-state index contributed by atoms with van der Waals surface area (Å²) < 4.78 is 6.21. The molecule has 0 aliphatic heterocycles. The van der Waals surface area contributed by atoms with E-state index < -0.39 is 8.32 Å². The van der Waals surface area contributed by atoms with Crippen LogP contribution in [0.15, 0.2) is 60.7 Å². The molecule has 0 radical (unpaired) electrons. The number of rotatable bonds is 8. The minimum Gasteiger partial charge on any atom is -0.413 e. The van der Waals surface area contributed by atoms with Crippen molar-refractivity contribution < 1.29 is 4.43 Å². The first kappa shape index (κ1) is 16.0. The third-order valence-corrected chi connectivity index (χ3v) is 6.53. The Balaban J connectivity index is 1.63. The average molecular weight is 299 g/mol. The van der Waals surface area contributed by atoms with Crippen molar-refractivity contribution >= 4 is 13.5 Å². The molecule has 0 aliphatic rings. The predicted octanol–water partition coefficient (Wildman–Crippen LogP) is 4.53. The number of hydrogen-bond acceptors (Lipinski definition) is 1. The Bertz CT molecular complexity index is 508. The van der Waals surface area contributed by atoms with Crippen LogP contribution in [0.25, 0.3) is 0 Å². The van der Waals surface area contributed by atoms with Crippen molar-refractivity contribution in [3.63, 3.8) is 0 Å². The standard InChI is InChI=1S/C19H26OSi/c1-21(2,19-15-9-4-10-16-19)20-17-11-5-8-14-18-12-6-3-7-13-18/h3-4,6-7,9-10,12-13,15-16H,5,8,11,14,17H2,1-2H3. The van der Waals surface area contributed by atoms with Gasteiger partial charge in [-0.05, 0) is 43.1 Å². The van der Waals surface area contributed by atoms with E-state index in [4.69, 9.17) is 4.43 Å². The maximum Gasteiger partial charge on any atom is 0.218 e. The molecule has 0 bridgehead atoms. The summed E-state index contributed by atoms with van der Waals surface area (Å²) in [5.41, 5.74) is 1.44. The fourth-order valence-electron chi connectivity index (χ4n) is 2.50. The second-order valence-corrected chi connectivity index (χ2v) is 9.91. The second kappa shape index (κ2) is 8.16. The van der Waals surface area contributed by atoms with Crippen LogP contribution in [0.4, 0.5) is 0 Å². The number of unbranched alkanes of at least 4 members (excludes halogenated alkanes) is 2. The zero-order valence-corrected chi connectivity index (χ0v) is 14.2. The lowest BCUT2D eigenvalue weighted by Crippen LogP contribution is -2.44. The molecule has 0 fully saturated rings. The molecular weight excluding hydrogens is 272 g/mol. The third kappa shape index (κ3) is 5.48. The van der Waals surface area contributed by atoms with Gasteiger partial charge < -0.3 is 4.43 Å². The molecule has 2 aromatic carbocycles. The minimum atomic E-state index is -1.70. The lowest BCUT2D eigenvalue weighted by atomic mass is 10.1. The molecule has 2 aromatic rings. The summed E-state index contributed by atoms with van der Waals surface area (Å²) in [7, 11) is -1.70. The number of aryl methyl sites for hydroxylation is 1. The maximum atomic E-state index is 6.21. The topological polar surface area (TPSA) is 9.23 Å². The summed E-state index contributed by atoms with van der Waals surface area (Å²) >= 11 is 0. The summed E-state index contributed by atoms with van der Waals surface area (Å²) in [6, 6.07) is 21.4. The molecule has 112 valence electrons. The van der Waals surface area contributed by atoms with Crippen LogP contribution in [-0.2, 0) is 10.8 Å². The van der Waals surface area contributed by atoms with Crippen molar-refractivity contribution in [2.24, 2.45) is 0 Å². The second-order valence-electron chi connectivity index (χ2n) is 6.02. The van der Waals surface area contributed by atoms with Crippen LogP contribution in [-0.4, -0.2) is 14.9 Å². The fraction of sp³-hybridized carbons (Fsp3) is 0.368. The van der Waals surface area contributed by atoms with E-state index in [1.54, 1.807) is 0 Å². The molecule has 0 aliphatic carbocycles. The Labute approximate surface area is 130 Å². The van der Waals surface area contributed by atoms with Crippen molar-refractivity contribution in [3.8, 4) is 0 Å². The van der Waals surface area contributed by atoms with E-state index >= 15 is 0 Å². The number of hydrogen-bond donors (Lipinski definition) is 0. The molecule has 0 heterocycles. The summed E-state index contributed by atoms with van der Waals surface area (Å²) in [5, 5.41) is 1.38. The zero-order chi connectivity index (χ0) is 15.0. The molecule has 2 heteroatoms.